The second-order valence-corrected chi connectivity index (χ2v) is 4.50. The molecule has 0 fully saturated rings. The Balaban J connectivity index is 2.29. The zero-order chi connectivity index (χ0) is 10.1. The van der Waals surface area contributed by atoms with Crippen molar-refractivity contribution in [2.75, 3.05) is 4.90 Å². The van der Waals surface area contributed by atoms with Crippen molar-refractivity contribution in [3.05, 3.63) is 46.3 Å². The average molecular weight is 203 g/mol. The maximum absolute atomic E-state index is 3.27. The first kappa shape index (κ1) is 9.66. The number of benzene rings is 1. The third-order valence-corrected chi connectivity index (χ3v) is 3.30. The minimum absolute atomic E-state index is 1.19. The van der Waals surface area contributed by atoms with Crippen LogP contribution in [0.5, 0.6) is 0 Å². The number of thioether (sulfide) groups is 1. The number of nitrogens with zero attached hydrogens (tertiary/aromatic N) is 1. The lowest BCUT2D eigenvalue weighted by molar-refractivity contribution is 1.14. The molecule has 1 aliphatic heterocycles. The highest BCUT2D eigenvalue weighted by atomic mass is 32.2. The van der Waals surface area contributed by atoms with Crippen molar-refractivity contribution < 1.29 is 0 Å². The van der Waals surface area contributed by atoms with Crippen LogP contribution in [0.25, 0.3) is 0 Å². The first-order valence-corrected chi connectivity index (χ1v) is 5.47. The van der Waals surface area contributed by atoms with E-state index in [1.807, 2.05) is 0 Å². The van der Waals surface area contributed by atoms with Gasteiger partial charge in [0.1, 0.15) is 0 Å². The number of hydrogen-bond acceptors (Lipinski definition) is 2. The molecule has 1 aromatic rings. The van der Waals surface area contributed by atoms with Crippen LogP contribution in [0.4, 0.5) is 5.69 Å². The van der Waals surface area contributed by atoms with E-state index < -0.39 is 0 Å². The van der Waals surface area contributed by atoms with Gasteiger partial charge in [-0.2, -0.15) is 0 Å². The molecule has 0 bridgehead atoms. The van der Waals surface area contributed by atoms with E-state index in [1.165, 1.54) is 21.9 Å². The molecule has 2 radical (unpaired) electrons. The summed E-state index contributed by atoms with van der Waals surface area (Å²) in [6.45, 7) is 6.35. The number of rotatable bonds is 1. The molecule has 0 unspecified atom stereocenters. The van der Waals surface area contributed by atoms with E-state index >= 15 is 0 Å². The summed E-state index contributed by atoms with van der Waals surface area (Å²) >= 11 is 1.67. The Morgan fingerprint density at radius 1 is 1.07 bits per heavy atom. The van der Waals surface area contributed by atoms with Crippen molar-refractivity contribution in [2.45, 2.75) is 20.8 Å². The molecule has 0 atom stereocenters. The van der Waals surface area contributed by atoms with Gasteiger partial charge < -0.3 is 4.90 Å². The minimum atomic E-state index is 1.19. The molecule has 2 rings (SSSR count). The Morgan fingerprint density at radius 2 is 1.71 bits per heavy atom. The fourth-order valence-electron chi connectivity index (χ4n) is 1.35. The first-order chi connectivity index (χ1) is 6.68. The van der Waals surface area contributed by atoms with E-state index in [0.717, 1.165) is 0 Å². The average Bonchev–Trinajstić information content (AvgIpc) is 2.50. The summed E-state index contributed by atoms with van der Waals surface area (Å²) in [6.07, 6.45) is 0. The smallest absolute Gasteiger partial charge is 0.168 e. The quantitative estimate of drug-likeness (QED) is 0.683. The SMILES string of the molecule is CC1=C(C)N(c2ccc(C)cc2)[C]S1. The molecular weight excluding hydrogens is 190 g/mol. The van der Waals surface area contributed by atoms with E-state index in [1.54, 1.807) is 11.8 Å². The lowest BCUT2D eigenvalue weighted by Gasteiger charge is -2.17. The predicted molar refractivity (Wildman–Crippen MR) is 62.9 cm³/mol. The zero-order valence-electron chi connectivity index (χ0n) is 8.66. The molecule has 0 aliphatic carbocycles. The summed E-state index contributed by atoms with van der Waals surface area (Å²) in [5, 5.41) is 0. The summed E-state index contributed by atoms with van der Waals surface area (Å²) < 4.78 is 0. The Labute approximate surface area is 89.8 Å². The van der Waals surface area contributed by atoms with Gasteiger partial charge >= 0.3 is 0 Å². The molecule has 0 amide bonds. The van der Waals surface area contributed by atoms with E-state index in [-0.39, 0.29) is 0 Å². The van der Waals surface area contributed by atoms with Gasteiger partial charge in [0.15, 0.2) is 5.88 Å². The first-order valence-electron chi connectivity index (χ1n) is 4.65. The second-order valence-electron chi connectivity index (χ2n) is 3.51. The Kier molecular flexibility index (Phi) is 2.55. The van der Waals surface area contributed by atoms with Gasteiger partial charge in [-0.05, 0) is 32.9 Å². The van der Waals surface area contributed by atoms with Crippen molar-refractivity contribution >= 4 is 17.4 Å². The van der Waals surface area contributed by atoms with E-state index in [0.29, 0.717) is 0 Å². The van der Waals surface area contributed by atoms with Gasteiger partial charge in [-0.1, -0.05) is 29.5 Å². The van der Waals surface area contributed by atoms with Crippen molar-refractivity contribution in [1.82, 2.24) is 0 Å². The highest BCUT2D eigenvalue weighted by molar-refractivity contribution is 8.05. The van der Waals surface area contributed by atoms with Crippen LogP contribution < -0.4 is 4.90 Å². The van der Waals surface area contributed by atoms with E-state index in [4.69, 9.17) is 0 Å². The molecule has 1 heterocycles. The fraction of sp³-hybridized carbons (Fsp3) is 0.250. The van der Waals surface area contributed by atoms with Gasteiger partial charge in [0.25, 0.3) is 0 Å². The molecule has 0 spiro atoms. The number of anilines is 1. The van der Waals surface area contributed by atoms with Crippen LogP contribution in [0.15, 0.2) is 34.9 Å². The largest absolute Gasteiger partial charge is 0.323 e. The maximum atomic E-state index is 3.27. The molecule has 0 saturated carbocycles. The molecule has 14 heavy (non-hydrogen) atoms. The third kappa shape index (κ3) is 1.67. The van der Waals surface area contributed by atoms with Crippen LogP contribution in [-0.4, -0.2) is 0 Å². The van der Waals surface area contributed by atoms with Crippen LogP contribution >= 0.6 is 11.8 Å². The highest BCUT2D eigenvalue weighted by Crippen LogP contribution is 2.37. The van der Waals surface area contributed by atoms with Crippen molar-refractivity contribution in [3.63, 3.8) is 0 Å². The third-order valence-electron chi connectivity index (χ3n) is 2.43. The van der Waals surface area contributed by atoms with Gasteiger partial charge in [0.05, 0.1) is 0 Å². The lowest BCUT2D eigenvalue weighted by atomic mass is 10.2. The highest BCUT2D eigenvalue weighted by Gasteiger charge is 2.19. The lowest BCUT2D eigenvalue weighted by Crippen LogP contribution is -2.11. The van der Waals surface area contributed by atoms with Gasteiger partial charge in [-0.15, -0.1) is 0 Å². The van der Waals surface area contributed by atoms with Gasteiger partial charge in [0.2, 0.25) is 0 Å². The molecule has 0 aromatic heterocycles. The molecular formula is C12H13NS. The molecule has 1 nitrogen and oxygen atoms in total. The molecule has 2 heteroatoms. The Hall–Kier alpha value is -0.890. The predicted octanol–water partition coefficient (Wildman–Crippen LogP) is 3.80. The van der Waals surface area contributed by atoms with Crippen LogP contribution in [0.3, 0.4) is 0 Å². The van der Waals surface area contributed by atoms with Crippen LogP contribution in [-0.2, 0) is 0 Å². The normalized spacial score (nSPS) is 16.6. The Morgan fingerprint density at radius 3 is 2.21 bits per heavy atom. The summed E-state index contributed by atoms with van der Waals surface area (Å²) in [6, 6.07) is 8.52. The summed E-state index contributed by atoms with van der Waals surface area (Å²) in [5.41, 5.74) is 3.76. The summed E-state index contributed by atoms with van der Waals surface area (Å²) in [7, 11) is 0. The van der Waals surface area contributed by atoms with Gasteiger partial charge in [-0.25, -0.2) is 0 Å². The second kappa shape index (κ2) is 3.70. The van der Waals surface area contributed by atoms with Gasteiger partial charge in [0, 0.05) is 16.3 Å². The van der Waals surface area contributed by atoms with Crippen molar-refractivity contribution in [1.29, 1.82) is 0 Å². The molecule has 1 aromatic carbocycles. The summed E-state index contributed by atoms with van der Waals surface area (Å²) in [5.74, 6) is 3.27. The summed E-state index contributed by atoms with van der Waals surface area (Å²) in [4.78, 5) is 3.44. The molecule has 0 saturated heterocycles. The minimum Gasteiger partial charge on any atom is -0.323 e. The van der Waals surface area contributed by atoms with Crippen molar-refractivity contribution in [2.24, 2.45) is 0 Å². The topological polar surface area (TPSA) is 3.24 Å². The van der Waals surface area contributed by atoms with Crippen LogP contribution in [0, 0.1) is 12.8 Å². The van der Waals surface area contributed by atoms with E-state index in [2.05, 4.69) is 55.8 Å². The molecule has 0 N–H and O–H groups in total. The zero-order valence-corrected chi connectivity index (χ0v) is 9.48. The standard InChI is InChI=1S/C12H13NS/c1-9-4-6-12(7-5-9)13-8-14-11(3)10(13)2/h4-7H,1-3H3. The molecule has 72 valence electrons. The fourth-order valence-corrected chi connectivity index (χ4v) is 2.06. The van der Waals surface area contributed by atoms with Crippen molar-refractivity contribution in [3.8, 4) is 0 Å². The maximum Gasteiger partial charge on any atom is 0.168 e. The number of allylic oxidation sites excluding steroid dienone is 2. The monoisotopic (exact) mass is 203 g/mol. The van der Waals surface area contributed by atoms with Crippen LogP contribution in [0.1, 0.15) is 19.4 Å². The number of hydrogen-bond donors (Lipinski definition) is 0. The number of aryl methyl sites for hydroxylation is 1. The van der Waals surface area contributed by atoms with E-state index in [9.17, 15) is 0 Å². The van der Waals surface area contributed by atoms with Crippen LogP contribution in [0.2, 0.25) is 0 Å². The van der Waals surface area contributed by atoms with Gasteiger partial charge in [-0.3, -0.25) is 0 Å². The Bertz CT molecular complexity index is 364. The molecule has 1 aliphatic rings.